The van der Waals surface area contributed by atoms with Crippen molar-refractivity contribution in [3.05, 3.63) is 36.9 Å². The normalized spacial score (nSPS) is 11.5. The number of rotatable bonds is 6. The zero-order chi connectivity index (χ0) is 13.5. The highest BCUT2D eigenvalue weighted by atomic mass is 32.1. The Kier molecular flexibility index (Phi) is 4.74. The van der Waals surface area contributed by atoms with E-state index in [1.807, 2.05) is 18.2 Å². The average Bonchev–Trinajstić information content (AvgIpc) is 2.84. The molecule has 0 saturated heterocycles. The summed E-state index contributed by atoms with van der Waals surface area (Å²) in [5, 5.41) is 7.07. The first-order valence-corrected chi connectivity index (χ1v) is 6.85. The van der Waals surface area contributed by atoms with Gasteiger partial charge in [0.15, 0.2) is 11.1 Å². The first-order valence-electron chi connectivity index (χ1n) is 6.03. The molecule has 0 saturated carbocycles. The highest BCUT2D eigenvalue weighted by molar-refractivity contribution is 7.22. The molecular formula is C13H17N5S. The van der Waals surface area contributed by atoms with E-state index in [0.717, 1.165) is 10.6 Å². The smallest absolute Gasteiger partial charge is 0.188 e. The van der Waals surface area contributed by atoms with Crippen LogP contribution < -0.4 is 16.4 Å². The predicted molar refractivity (Wildman–Crippen MR) is 82.8 cm³/mol. The Morgan fingerprint density at radius 3 is 3.11 bits per heavy atom. The summed E-state index contributed by atoms with van der Waals surface area (Å²) < 4.78 is 1.18. The average molecular weight is 275 g/mol. The number of nitrogens with one attached hydrogen (secondary N) is 2. The molecule has 5 nitrogen and oxygen atoms in total. The number of nitrogens with zero attached hydrogens (tertiary/aromatic N) is 2. The van der Waals surface area contributed by atoms with Crippen molar-refractivity contribution in [1.82, 2.24) is 10.3 Å². The standard InChI is InChI=1S/C13H17N5S/c1-2-7-15-12(14)16-8-9-17-13-18-10-5-3-4-6-11(10)19-13/h2-6H,1,7-9H2,(H,17,18)(H3,14,15,16). The molecule has 0 aliphatic heterocycles. The summed E-state index contributed by atoms with van der Waals surface area (Å²) in [6.45, 7) is 5.53. The van der Waals surface area contributed by atoms with Crippen molar-refractivity contribution in [1.29, 1.82) is 0 Å². The molecule has 0 bridgehead atoms. The molecule has 1 heterocycles. The molecule has 2 rings (SSSR count). The topological polar surface area (TPSA) is 75.3 Å². The van der Waals surface area contributed by atoms with Crippen LogP contribution in [-0.2, 0) is 0 Å². The van der Waals surface area contributed by atoms with Gasteiger partial charge in [-0.05, 0) is 12.1 Å². The molecular weight excluding hydrogens is 258 g/mol. The SMILES string of the molecule is C=CCNC(N)=NCCNc1nc2ccccc2s1. The number of nitrogens with two attached hydrogens (primary N) is 1. The van der Waals surface area contributed by atoms with Crippen LogP contribution in [0.25, 0.3) is 10.2 Å². The molecule has 0 radical (unpaired) electrons. The minimum absolute atomic E-state index is 0.436. The summed E-state index contributed by atoms with van der Waals surface area (Å²) in [5.41, 5.74) is 6.67. The molecule has 4 N–H and O–H groups in total. The summed E-state index contributed by atoms with van der Waals surface area (Å²) in [5.74, 6) is 0.436. The van der Waals surface area contributed by atoms with Crippen LogP contribution in [0.2, 0.25) is 0 Å². The Hall–Kier alpha value is -2.08. The molecule has 2 aromatic rings. The van der Waals surface area contributed by atoms with Gasteiger partial charge >= 0.3 is 0 Å². The lowest BCUT2D eigenvalue weighted by Crippen LogP contribution is -2.32. The fourth-order valence-corrected chi connectivity index (χ4v) is 2.41. The Morgan fingerprint density at radius 2 is 2.32 bits per heavy atom. The van der Waals surface area contributed by atoms with Crippen LogP contribution >= 0.6 is 11.3 Å². The van der Waals surface area contributed by atoms with E-state index in [0.29, 0.717) is 25.6 Å². The lowest BCUT2D eigenvalue weighted by atomic mass is 10.3. The zero-order valence-electron chi connectivity index (χ0n) is 10.6. The number of fused-ring (bicyclic) bond motifs is 1. The van der Waals surface area contributed by atoms with Crippen molar-refractivity contribution in [2.75, 3.05) is 25.0 Å². The van der Waals surface area contributed by atoms with Crippen LogP contribution in [0.4, 0.5) is 5.13 Å². The van der Waals surface area contributed by atoms with Crippen molar-refractivity contribution in [3.63, 3.8) is 0 Å². The Bertz CT molecular complexity index is 542. The van der Waals surface area contributed by atoms with Crippen LogP contribution in [0.3, 0.4) is 0 Å². The van der Waals surface area contributed by atoms with Crippen LogP contribution in [0.15, 0.2) is 41.9 Å². The minimum Gasteiger partial charge on any atom is -0.370 e. The molecule has 0 aliphatic rings. The molecule has 100 valence electrons. The van der Waals surface area contributed by atoms with Crippen molar-refractivity contribution >= 4 is 32.6 Å². The summed E-state index contributed by atoms with van der Waals surface area (Å²) in [6, 6.07) is 8.07. The Balaban J connectivity index is 1.81. The van der Waals surface area contributed by atoms with E-state index in [1.165, 1.54) is 4.70 Å². The molecule has 0 unspecified atom stereocenters. The maximum Gasteiger partial charge on any atom is 0.188 e. The number of aliphatic imine (C=N–C) groups is 1. The van der Waals surface area contributed by atoms with Gasteiger partial charge in [-0.3, -0.25) is 4.99 Å². The first kappa shape index (κ1) is 13.4. The first-order chi connectivity index (χ1) is 9.29. The van der Waals surface area contributed by atoms with Crippen LogP contribution in [0, 0.1) is 0 Å². The number of benzene rings is 1. The van der Waals surface area contributed by atoms with Crippen LogP contribution in [-0.4, -0.2) is 30.6 Å². The van der Waals surface area contributed by atoms with Gasteiger partial charge in [-0.2, -0.15) is 0 Å². The van der Waals surface area contributed by atoms with Gasteiger partial charge in [0.25, 0.3) is 0 Å². The number of aromatic nitrogens is 1. The van der Waals surface area contributed by atoms with Gasteiger partial charge in [0.1, 0.15) is 0 Å². The second kappa shape index (κ2) is 6.75. The minimum atomic E-state index is 0.436. The zero-order valence-corrected chi connectivity index (χ0v) is 11.4. The number of hydrogen-bond donors (Lipinski definition) is 3. The van der Waals surface area contributed by atoms with Gasteiger partial charge in [0, 0.05) is 13.1 Å². The second-order valence-corrected chi connectivity index (χ2v) is 4.88. The third kappa shape index (κ3) is 3.96. The van der Waals surface area contributed by atoms with Gasteiger partial charge < -0.3 is 16.4 Å². The monoisotopic (exact) mass is 275 g/mol. The third-order valence-electron chi connectivity index (χ3n) is 2.39. The quantitative estimate of drug-likeness (QED) is 0.325. The summed E-state index contributed by atoms with van der Waals surface area (Å²) >= 11 is 1.64. The van der Waals surface area contributed by atoms with Crippen LogP contribution in [0.5, 0.6) is 0 Å². The summed E-state index contributed by atoms with van der Waals surface area (Å²) in [7, 11) is 0. The number of guanidine groups is 1. The summed E-state index contributed by atoms with van der Waals surface area (Å²) in [6.07, 6.45) is 1.74. The lowest BCUT2D eigenvalue weighted by molar-refractivity contribution is 0.959. The largest absolute Gasteiger partial charge is 0.370 e. The van der Waals surface area contributed by atoms with Crippen molar-refractivity contribution in [2.24, 2.45) is 10.7 Å². The molecule has 6 heteroatoms. The van der Waals surface area contributed by atoms with Gasteiger partial charge in [0.05, 0.1) is 16.8 Å². The third-order valence-corrected chi connectivity index (χ3v) is 3.39. The molecule has 0 atom stereocenters. The fraction of sp³-hybridized carbons (Fsp3) is 0.231. The molecule has 0 fully saturated rings. The highest BCUT2D eigenvalue weighted by Gasteiger charge is 2.01. The van der Waals surface area contributed by atoms with Gasteiger partial charge in [-0.25, -0.2) is 4.98 Å². The van der Waals surface area contributed by atoms with E-state index < -0.39 is 0 Å². The lowest BCUT2D eigenvalue weighted by Gasteiger charge is -2.02. The number of thiazole rings is 1. The van der Waals surface area contributed by atoms with Gasteiger partial charge in [-0.15, -0.1) is 6.58 Å². The van der Waals surface area contributed by atoms with Crippen molar-refractivity contribution in [3.8, 4) is 0 Å². The predicted octanol–water partition coefficient (Wildman–Crippen LogP) is 1.80. The number of para-hydroxylation sites is 1. The van der Waals surface area contributed by atoms with E-state index in [4.69, 9.17) is 5.73 Å². The fourth-order valence-electron chi connectivity index (χ4n) is 1.52. The molecule has 0 spiro atoms. The Labute approximate surface area is 116 Å². The Morgan fingerprint density at radius 1 is 1.47 bits per heavy atom. The maximum absolute atomic E-state index is 5.65. The van der Waals surface area contributed by atoms with Gasteiger partial charge in [-0.1, -0.05) is 29.5 Å². The molecule has 19 heavy (non-hydrogen) atoms. The molecule has 0 amide bonds. The number of anilines is 1. The van der Waals surface area contributed by atoms with E-state index in [9.17, 15) is 0 Å². The van der Waals surface area contributed by atoms with E-state index in [1.54, 1.807) is 17.4 Å². The van der Waals surface area contributed by atoms with E-state index >= 15 is 0 Å². The highest BCUT2D eigenvalue weighted by Crippen LogP contribution is 2.24. The molecule has 1 aromatic heterocycles. The van der Waals surface area contributed by atoms with E-state index in [2.05, 4.69) is 33.3 Å². The molecule has 1 aromatic carbocycles. The maximum atomic E-state index is 5.65. The summed E-state index contributed by atoms with van der Waals surface area (Å²) in [4.78, 5) is 8.66. The second-order valence-electron chi connectivity index (χ2n) is 3.85. The van der Waals surface area contributed by atoms with E-state index in [-0.39, 0.29) is 0 Å². The van der Waals surface area contributed by atoms with Crippen molar-refractivity contribution in [2.45, 2.75) is 0 Å². The molecule has 0 aliphatic carbocycles. The number of hydrogen-bond acceptors (Lipinski definition) is 4. The van der Waals surface area contributed by atoms with Crippen LogP contribution in [0.1, 0.15) is 0 Å². The van der Waals surface area contributed by atoms with Crippen molar-refractivity contribution < 1.29 is 0 Å². The van der Waals surface area contributed by atoms with Gasteiger partial charge in [0.2, 0.25) is 0 Å².